The standard InChI is InChI=1S/C19H24FN8O11P/c20-9-13(6(3-29)37-16(9)28-5-23-10-14(28)25-18(22)26-15(10)32)39-40(34,35)36-4-7-11(30)12(31)17(38-7)27-2-1-8(21)24-19(27)33/h1-2,5-7,9,11-13,16-17,29-31H,3-4H2,(H,34,35)(H2,21,24,33)(H3,22,25,26,32)/t6-,7-,9-,11-,12-,13-,16-,17-/m1/s1. The molecular formula is C19H24FN8O11P. The van der Waals surface area contributed by atoms with Crippen LogP contribution in [0.3, 0.4) is 0 Å². The lowest BCUT2D eigenvalue weighted by Crippen LogP contribution is -2.36. The first-order chi connectivity index (χ1) is 18.9. The van der Waals surface area contributed by atoms with Crippen molar-refractivity contribution in [3.63, 3.8) is 0 Å². The smallest absolute Gasteiger partial charge is 0.394 e. The van der Waals surface area contributed by atoms with E-state index in [0.29, 0.717) is 0 Å². The molecule has 9 atom stereocenters. The number of alkyl halides is 1. The first-order valence-electron chi connectivity index (χ1n) is 11.5. The number of aliphatic hydroxyl groups is 3. The number of aromatic amines is 1. The van der Waals surface area contributed by atoms with Gasteiger partial charge in [-0.1, -0.05) is 0 Å². The molecule has 0 saturated carbocycles. The first-order valence-corrected chi connectivity index (χ1v) is 13.0. The highest BCUT2D eigenvalue weighted by Crippen LogP contribution is 2.49. The minimum Gasteiger partial charge on any atom is -0.394 e. The summed E-state index contributed by atoms with van der Waals surface area (Å²) in [5, 5.41) is 30.3. The molecule has 218 valence electrons. The zero-order valence-corrected chi connectivity index (χ0v) is 21.0. The van der Waals surface area contributed by atoms with E-state index in [1.54, 1.807) is 0 Å². The van der Waals surface area contributed by atoms with Crippen molar-refractivity contribution in [2.24, 2.45) is 0 Å². The van der Waals surface area contributed by atoms with Gasteiger partial charge in [0.25, 0.3) is 5.56 Å². The van der Waals surface area contributed by atoms with Crippen LogP contribution in [0.15, 0.2) is 28.2 Å². The SMILES string of the molecule is Nc1ccn([C@@H]2O[C@H](COP(=O)(O)O[C@H]3[C@@H](F)[C@H](n4cnc5c(=O)[nH]c(N)nc54)O[C@@H]3CO)[C@@H](O)[C@H]2O)c(=O)n1. The monoisotopic (exact) mass is 590 g/mol. The van der Waals surface area contributed by atoms with Gasteiger partial charge in [0.15, 0.2) is 29.8 Å². The number of fused-ring (bicyclic) bond motifs is 1. The number of phosphoric acid groups is 1. The quantitative estimate of drug-likeness (QED) is 0.128. The molecule has 3 aromatic heterocycles. The molecule has 2 fully saturated rings. The van der Waals surface area contributed by atoms with E-state index >= 15 is 4.39 Å². The number of ether oxygens (including phenoxy) is 2. The van der Waals surface area contributed by atoms with Crippen molar-refractivity contribution in [1.82, 2.24) is 29.1 Å². The lowest BCUT2D eigenvalue weighted by atomic mass is 10.1. The van der Waals surface area contributed by atoms with E-state index in [1.165, 1.54) is 12.3 Å². The van der Waals surface area contributed by atoms with Crippen molar-refractivity contribution in [3.05, 3.63) is 39.4 Å². The van der Waals surface area contributed by atoms with Crippen LogP contribution in [0.4, 0.5) is 16.2 Å². The number of aromatic nitrogens is 6. The Bertz CT molecular complexity index is 1570. The van der Waals surface area contributed by atoms with E-state index in [2.05, 4.69) is 19.9 Å². The van der Waals surface area contributed by atoms with Crippen LogP contribution in [0.5, 0.6) is 0 Å². The summed E-state index contributed by atoms with van der Waals surface area (Å²) in [4.78, 5) is 47.8. The Balaban J connectivity index is 1.28. The molecule has 5 rings (SSSR count). The van der Waals surface area contributed by atoms with Crippen molar-refractivity contribution in [3.8, 4) is 0 Å². The molecule has 5 heterocycles. The number of H-pyrrole nitrogens is 1. The highest BCUT2D eigenvalue weighted by molar-refractivity contribution is 7.47. The van der Waals surface area contributed by atoms with Crippen molar-refractivity contribution in [2.45, 2.75) is 49.1 Å². The normalized spacial score (nSPS) is 32.0. The van der Waals surface area contributed by atoms with Gasteiger partial charge < -0.3 is 41.2 Å². The van der Waals surface area contributed by atoms with E-state index in [0.717, 1.165) is 15.5 Å². The van der Waals surface area contributed by atoms with Gasteiger partial charge in [-0.05, 0) is 6.07 Å². The Labute approximate surface area is 221 Å². The zero-order chi connectivity index (χ0) is 28.9. The molecule has 2 aliphatic rings. The van der Waals surface area contributed by atoms with Gasteiger partial charge in [-0.3, -0.25) is 28.0 Å². The molecule has 40 heavy (non-hydrogen) atoms. The molecule has 0 aliphatic carbocycles. The maximum absolute atomic E-state index is 15.5. The van der Waals surface area contributed by atoms with Crippen LogP contribution in [0.25, 0.3) is 11.2 Å². The molecule has 0 spiro atoms. The van der Waals surface area contributed by atoms with Gasteiger partial charge >= 0.3 is 13.5 Å². The average Bonchev–Trinajstić information content (AvgIpc) is 3.53. The first kappa shape index (κ1) is 28.2. The number of aliphatic hydroxyl groups excluding tert-OH is 3. The summed E-state index contributed by atoms with van der Waals surface area (Å²) in [6, 6.07) is 1.25. The summed E-state index contributed by atoms with van der Waals surface area (Å²) in [7, 11) is -5.12. The minimum atomic E-state index is -5.12. The van der Waals surface area contributed by atoms with Crippen LogP contribution in [-0.2, 0) is 23.1 Å². The number of nitrogens with one attached hydrogen (secondary N) is 1. The fourth-order valence-corrected chi connectivity index (χ4v) is 5.34. The number of phosphoric ester groups is 1. The fourth-order valence-electron chi connectivity index (χ4n) is 4.39. The molecule has 0 aromatic carbocycles. The van der Waals surface area contributed by atoms with Crippen LogP contribution in [0, 0.1) is 0 Å². The molecule has 0 amide bonds. The molecule has 3 aromatic rings. The Hall–Kier alpha value is -3.33. The summed E-state index contributed by atoms with van der Waals surface area (Å²) in [6.07, 6.45) is -11.1. The van der Waals surface area contributed by atoms with Crippen LogP contribution >= 0.6 is 7.82 Å². The van der Waals surface area contributed by atoms with Crippen LogP contribution in [0.2, 0.25) is 0 Å². The topological polar surface area (TPSA) is 285 Å². The maximum Gasteiger partial charge on any atom is 0.472 e. The van der Waals surface area contributed by atoms with Crippen molar-refractivity contribution >= 4 is 30.8 Å². The lowest BCUT2D eigenvalue weighted by Gasteiger charge is -2.22. The number of nitrogens with zero attached hydrogens (tertiary/aromatic N) is 5. The van der Waals surface area contributed by atoms with Crippen molar-refractivity contribution < 1.29 is 47.7 Å². The van der Waals surface area contributed by atoms with Crippen LogP contribution in [-0.4, -0.2) is 99.2 Å². The Morgan fingerprint density at radius 1 is 1.12 bits per heavy atom. The van der Waals surface area contributed by atoms with E-state index in [1.807, 2.05) is 0 Å². The predicted molar refractivity (Wildman–Crippen MR) is 128 cm³/mol. The van der Waals surface area contributed by atoms with E-state index < -0.39 is 81.4 Å². The highest BCUT2D eigenvalue weighted by Gasteiger charge is 2.51. The number of imidazole rings is 1. The summed E-state index contributed by atoms with van der Waals surface area (Å²) < 4.78 is 50.8. The molecular weight excluding hydrogens is 566 g/mol. The van der Waals surface area contributed by atoms with Gasteiger partial charge in [-0.2, -0.15) is 9.97 Å². The number of nitrogens with two attached hydrogens (primary N) is 2. The summed E-state index contributed by atoms with van der Waals surface area (Å²) in [6.45, 7) is -1.68. The number of hydrogen-bond donors (Lipinski definition) is 7. The second kappa shape index (κ2) is 10.6. The van der Waals surface area contributed by atoms with Crippen LogP contribution in [0.1, 0.15) is 12.5 Å². The molecule has 19 nitrogen and oxygen atoms in total. The van der Waals surface area contributed by atoms with Gasteiger partial charge in [0.05, 0.1) is 19.5 Å². The number of nitrogen functional groups attached to an aromatic ring is 2. The zero-order valence-electron chi connectivity index (χ0n) is 20.1. The molecule has 21 heteroatoms. The number of anilines is 2. The van der Waals surface area contributed by atoms with Gasteiger partial charge in [-0.25, -0.2) is 18.7 Å². The summed E-state index contributed by atoms with van der Waals surface area (Å²) in [5.41, 5.74) is 9.06. The fraction of sp³-hybridized carbons (Fsp3) is 0.526. The molecule has 1 unspecified atom stereocenters. The van der Waals surface area contributed by atoms with E-state index in [-0.39, 0.29) is 22.9 Å². The highest BCUT2D eigenvalue weighted by atomic mass is 31.2. The third kappa shape index (κ3) is 5.11. The largest absolute Gasteiger partial charge is 0.472 e. The Morgan fingerprint density at radius 2 is 1.85 bits per heavy atom. The predicted octanol–water partition coefficient (Wildman–Crippen LogP) is -3.11. The van der Waals surface area contributed by atoms with Gasteiger partial charge in [0.1, 0.15) is 36.3 Å². The molecule has 2 aliphatic heterocycles. The lowest BCUT2D eigenvalue weighted by molar-refractivity contribution is -0.0609. The van der Waals surface area contributed by atoms with Gasteiger partial charge in [0, 0.05) is 6.20 Å². The molecule has 9 N–H and O–H groups in total. The summed E-state index contributed by atoms with van der Waals surface area (Å²) >= 11 is 0. The molecule has 0 radical (unpaired) electrons. The molecule has 2 saturated heterocycles. The number of hydrogen-bond acceptors (Lipinski definition) is 15. The average molecular weight is 590 g/mol. The minimum absolute atomic E-state index is 0.0895. The third-order valence-electron chi connectivity index (χ3n) is 6.29. The second-order valence-corrected chi connectivity index (χ2v) is 10.3. The van der Waals surface area contributed by atoms with E-state index in [4.69, 9.17) is 30.0 Å². The Morgan fingerprint density at radius 3 is 2.55 bits per heavy atom. The molecule has 0 bridgehead atoms. The summed E-state index contributed by atoms with van der Waals surface area (Å²) in [5.74, 6) is -0.373. The Kier molecular flexibility index (Phi) is 7.46. The van der Waals surface area contributed by atoms with E-state index in [9.17, 15) is 34.4 Å². The van der Waals surface area contributed by atoms with Crippen LogP contribution < -0.4 is 22.7 Å². The second-order valence-electron chi connectivity index (χ2n) is 8.89. The number of halogens is 1. The maximum atomic E-state index is 15.5. The van der Waals surface area contributed by atoms with Gasteiger partial charge in [0.2, 0.25) is 5.95 Å². The number of rotatable bonds is 8. The van der Waals surface area contributed by atoms with Crippen molar-refractivity contribution in [2.75, 3.05) is 24.7 Å². The van der Waals surface area contributed by atoms with Gasteiger partial charge in [-0.15, -0.1) is 0 Å². The third-order valence-corrected chi connectivity index (χ3v) is 7.28. The van der Waals surface area contributed by atoms with Crippen molar-refractivity contribution in [1.29, 1.82) is 0 Å².